The van der Waals surface area contributed by atoms with E-state index in [1.165, 1.54) is 0 Å². The number of benzene rings is 1. The van der Waals surface area contributed by atoms with Crippen LogP contribution in [-0.2, 0) is 19.9 Å². The summed E-state index contributed by atoms with van der Waals surface area (Å²) in [6.45, 7) is 1.13. The second kappa shape index (κ2) is 10.2. The van der Waals surface area contributed by atoms with Gasteiger partial charge in [-0.3, -0.25) is 14.4 Å². The third-order valence-electron chi connectivity index (χ3n) is 4.98. The van der Waals surface area contributed by atoms with Crippen LogP contribution in [0.4, 0.5) is 0 Å². The van der Waals surface area contributed by atoms with Crippen molar-refractivity contribution in [2.75, 3.05) is 26.7 Å². The highest BCUT2D eigenvalue weighted by molar-refractivity contribution is 5.91. The zero-order valence-corrected chi connectivity index (χ0v) is 15.9. The van der Waals surface area contributed by atoms with Gasteiger partial charge in [0.25, 0.3) is 0 Å². The fourth-order valence-corrected chi connectivity index (χ4v) is 3.64. The van der Waals surface area contributed by atoms with Crippen molar-refractivity contribution in [3.63, 3.8) is 0 Å². The van der Waals surface area contributed by atoms with E-state index in [9.17, 15) is 14.4 Å². The van der Waals surface area contributed by atoms with Crippen molar-refractivity contribution in [3.8, 4) is 0 Å². The van der Waals surface area contributed by atoms with Crippen molar-refractivity contribution in [1.29, 1.82) is 0 Å². The summed E-state index contributed by atoms with van der Waals surface area (Å²) < 4.78 is 0. The van der Waals surface area contributed by atoms with Gasteiger partial charge in [0.15, 0.2) is 0 Å². The first-order chi connectivity index (χ1) is 13.1. The van der Waals surface area contributed by atoms with Crippen molar-refractivity contribution >= 4 is 18.1 Å². The lowest BCUT2D eigenvalue weighted by atomic mass is 9.88. The third-order valence-corrected chi connectivity index (χ3v) is 4.98. The zero-order valence-electron chi connectivity index (χ0n) is 15.9. The number of unbranched alkanes of at least 4 members (excludes halogenated alkanes) is 1. The largest absolute Gasteiger partial charge is 0.343 e. The summed E-state index contributed by atoms with van der Waals surface area (Å²) in [6, 6.07) is 8.59. The van der Waals surface area contributed by atoms with E-state index in [4.69, 9.17) is 5.73 Å². The summed E-state index contributed by atoms with van der Waals surface area (Å²) in [4.78, 5) is 39.0. The van der Waals surface area contributed by atoms with Crippen LogP contribution in [0.25, 0.3) is 0 Å². The Balaban J connectivity index is 2.25. The van der Waals surface area contributed by atoms with Gasteiger partial charge in [-0.2, -0.15) is 0 Å². The maximum atomic E-state index is 13.3. The van der Waals surface area contributed by atoms with Gasteiger partial charge in [0.05, 0.1) is 6.54 Å². The monoisotopic (exact) mass is 373 g/mol. The van der Waals surface area contributed by atoms with E-state index in [1.54, 1.807) is 11.9 Å². The van der Waals surface area contributed by atoms with E-state index in [0.717, 1.165) is 24.8 Å². The van der Waals surface area contributed by atoms with Gasteiger partial charge < -0.3 is 21.3 Å². The number of nitrogens with one attached hydrogen (secondary N) is 2. The molecule has 27 heavy (non-hydrogen) atoms. The van der Waals surface area contributed by atoms with Gasteiger partial charge in [-0.15, -0.1) is 0 Å². The van der Waals surface area contributed by atoms with Crippen molar-refractivity contribution in [1.82, 2.24) is 15.5 Å². The van der Waals surface area contributed by atoms with E-state index in [-0.39, 0.29) is 18.4 Å². The third kappa shape index (κ3) is 4.93. The number of hydrogen-bond acceptors (Lipinski definition) is 5. The van der Waals surface area contributed by atoms with Gasteiger partial charge in [0, 0.05) is 6.54 Å². The smallest absolute Gasteiger partial charge is 0.246 e. The molecular weight excluding hydrogens is 344 g/mol. The van der Waals surface area contributed by atoms with Gasteiger partial charge in [-0.1, -0.05) is 30.3 Å². The Kier molecular flexibility index (Phi) is 7.94. The first-order valence-corrected chi connectivity index (χ1v) is 9.49. The second-order valence-corrected chi connectivity index (χ2v) is 6.86. The van der Waals surface area contributed by atoms with Gasteiger partial charge in [-0.25, -0.2) is 0 Å². The molecule has 1 saturated heterocycles. The van der Waals surface area contributed by atoms with Gasteiger partial charge in [0.2, 0.25) is 18.1 Å². The topological polar surface area (TPSA) is 105 Å². The SMILES string of the molecule is CNCC(=O)N[C@@H](CCCCN)C(=O)N1CCC[C@]1([C]=O)c1ccccc1. The highest BCUT2D eigenvalue weighted by atomic mass is 16.2. The minimum Gasteiger partial charge on any atom is -0.343 e. The number of nitrogens with two attached hydrogens (primary N) is 1. The van der Waals surface area contributed by atoms with Crippen LogP contribution >= 0.6 is 0 Å². The highest BCUT2D eigenvalue weighted by Crippen LogP contribution is 2.37. The molecule has 1 fully saturated rings. The maximum Gasteiger partial charge on any atom is 0.246 e. The van der Waals surface area contributed by atoms with E-state index < -0.39 is 11.6 Å². The lowest BCUT2D eigenvalue weighted by Gasteiger charge is -2.36. The summed E-state index contributed by atoms with van der Waals surface area (Å²) in [5, 5.41) is 5.59. The molecule has 0 unspecified atom stereocenters. The highest BCUT2D eigenvalue weighted by Gasteiger charge is 2.47. The quantitative estimate of drug-likeness (QED) is 0.517. The molecule has 0 bridgehead atoms. The summed E-state index contributed by atoms with van der Waals surface area (Å²) in [6.07, 6.45) is 5.38. The summed E-state index contributed by atoms with van der Waals surface area (Å²) in [7, 11) is 1.67. The van der Waals surface area contributed by atoms with Gasteiger partial charge >= 0.3 is 0 Å². The van der Waals surface area contributed by atoms with Crippen molar-refractivity contribution in [2.24, 2.45) is 5.73 Å². The molecule has 2 atom stereocenters. The second-order valence-electron chi connectivity index (χ2n) is 6.86. The normalized spacial score (nSPS) is 20.3. The summed E-state index contributed by atoms with van der Waals surface area (Å²) >= 11 is 0. The molecular formula is C20H29N4O3. The summed E-state index contributed by atoms with van der Waals surface area (Å²) in [5.74, 6) is -0.482. The average molecular weight is 373 g/mol. The molecule has 0 spiro atoms. The fraction of sp³-hybridized carbons (Fsp3) is 0.550. The van der Waals surface area contributed by atoms with E-state index in [2.05, 4.69) is 16.9 Å². The van der Waals surface area contributed by atoms with E-state index >= 15 is 0 Å². The molecule has 2 rings (SSSR count). The number of amides is 2. The molecule has 0 saturated carbocycles. The minimum absolute atomic E-state index is 0.129. The van der Waals surface area contributed by atoms with Crippen molar-refractivity contribution in [2.45, 2.75) is 43.7 Å². The lowest BCUT2D eigenvalue weighted by molar-refractivity contribution is -0.138. The van der Waals surface area contributed by atoms with Crippen LogP contribution in [0.2, 0.25) is 0 Å². The van der Waals surface area contributed by atoms with Crippen LogP contribution in [0.3, 0.4) is 0 Å². The number of carbonyl (C=O) groups excluding carboxylic acids is 3. The lowest BCUT2D eigenvalue weighted by Crippen LogP contribution is -2.55. The fourth-order valence-electron chi connectivity index (χ4n) is 3.64. The molecule has 2 amide bonds. The minimum atomic E-state index is -1.09. The molecule has 1 aliphatic heterocycles. The van der Waals surface area contributed by atoms with Crippen molar-refractivity contribution < 1.29 is 14.4 Å². The number of likely N-dealkylation sites (tertiary alicyclic amines) is 1. The predicted molar refractivity (Wildman–Crippen MR) is 104 cm³/mol. The number of hydrogen-bond donors (Lipinski definition) is 3. The first kappa shape index (κ1) is 21.1. The predicted octanol–water partition coefficient (Wildman–Crippen LogP) is 0.447. The molecule has 7 heteroatoms. The molecule has 0 aromatic heterocycles. The molecule has 7 nitrogen and oxygen atoms in total. The first-order valence-electron chi connectivity index (χ1n) is 9.49. The molecule has 1 heterocycles. The molecule has 1 radical (unpaired) electrons. The molecule has 1 aliphatic rings. The Morgan fingerprint density at radius 2 is 2.04 bits per heavy atom. The van der Waals surface area contributed by atoms with Crippen LogP contribution in [0, 0.1) is 0 Å². The van der Waals surface area contributed by atoms with Gasteiger partial charge in [0.1, 0.15) is 11.6 Å². The zero-order chi connectivity index (χ0) is 19.7. The Morgan fingerprint density at radius 1 is 1.30 bits per heavy atom. The number of likely N-dealkylation sites (N-methyl/N-ethyl adjacent to an activating group) is 1. The number of carbonyl (C=O) groups is 2. The average Bonchev–Trinajstić information content (AvgIpc) is 3.13. The Morgan fingerprint density at radius 3 is 2.67 bits per heavy atom. The van der Waals surface area contributed by atoms with Crippen LogP contribution in [-0.4, -0.2) is 55.7 Å². The maximum absolute atomic E-state index is 13.3. The van der Waals surface area contributed by atoms with E-state index in [1.807, 2.05) is 30.3 Å². The van der Waals surface area contributed by atoms with Crippen LogP contribution in [0.1, 0.15) is 37.7 Å². The Bertz CT molecular complexity index is 637. The number of rotatable bonds is 10. The van der Waals surface area contributed by atoms with Crippen molar-refractivity contribution in [3.05, 3.63) is 35.9 Å². The number of nitrogens with zero attached hydrogens (tertiary/aromatic N) is 1. The Hall–Kier alpha value is -2.25. The molecule has 4 N–H and O–H groups in total. The molecule has 1 aromatic carbocycles. The molecule has 0 aliphatic carbocycles. The van der Waals surface area contributed by atoms with Gasteiger partial charge in [-0.05, 0) is 51.3 Å². The van der Waals surface area contributed by atoms with Crippen LogP contribution in [0.5, 0.6) is 0 Å². The molecule has 1 aromatic rings. The molecule has 147 valence electrons. The van der Waals surface area contributed by atoms with Crippen LogP contribution in [0.15, 0.2) is 30.3 Å². The van der Waals surface area contributed by atoms with E-state index in [0.29, 0.717) is 25.9 Å². The Labute approximate surface area is 160 Å². The van der Waals surface area contributed by atoms with Crippen LogP contribution < -0.4 is 16.4 Å². The summed E-state index contributed by atoms with van der Waals surface area (Å²) in [5.41, 5.74) is 5.23. The standard InChI is InChI=1S/C20H29N4O3/c1-22-14-18(26)23-17(10-5-6-12-21)19(27)24-13-7-11-20(24,15-25)16-8-3-2-4-9-16/h2-4,8-9,17,22H,5-7,10-14,21H2,1H3,(H,23,26)/t17-,20-/m0/s1.